The van der Waals surface area contributed by atoms with Gasteiger partial charge in [0, 0.05) is 0 Å². The maximum absolute atomic E-state index is 3.61. The van der Waals surface area contributed by atoms with Crippen molar-refractivity contribution in [3.8, 4) is 0 Å². The summed E-state index contributed by atoms with van der Waals surface area (Å²) in [7, 11) is 12.3. The molecule has 0 saturated heterocycles. The Bertz CT molecular complexity index is 39.6. The van der Waals surface area contributed by atoms with Gasteiger partial charge in [0.1, 0.15) is 0 Å². The zero-order chi connectivity index (χ0) is 10.8. The molecule has 0 atom stereocenters. The number of rotatable bonds is 0. The molecule has 0 aliphatic heterocycles. The fourth-order valence-corrected chi connectivity index (χ4v) is 0. The summed E-state index contributed by atoms with van der Waals surface area (Å²) in [4.78, 5) is 0. The van der Waals surface area contributed by atoms with Gasteiger partial charge in [-0.2, -0.15) is 42.3 Å². The van der Waals surface area contributed by atoms with E-state index >= 15 is 0 Å². The average Bonchev–Trinajstić information content (AvgIpc) is 1.92. The number of hydrogen-bond donors (Lipinski definition) is 0. The molecule has 4 nitrogen and oxygen atoms in total. The standard InChI is InChI=1S/3C2H6N.CH3N.Ta/c3*1-3-2;1-2;/h3*1-2H3;1H3;/q3*-1;;. The Morgan fingerprint density at radius 2 is 0.750 bits per heavy atom. The van der Waals surface area contributed by atoms with Gasteiger partial charge < -0.3 is 16.0 Å². The summed E-state index contributed by atoms with van der Waals surface area (Å²) in [6.07, 6.45) is 0. The van der Waals surface area contributed by atoms with E-state index in [1.165, 1.54) is 0 Å². The summed E-state index contributed by atoms with van der Waals surface area (Å²) < 4.78 is 3.61. The van der Waals surface area contributed by atoms with Gasteiger partial charge in [0.25, 0.3) is 0 Å². The van der Waals surface area contributed by atoms with Crippen molar-refractivity contribution >= 4 is 0 Å². The Labute approximate surface area is 89.7 Å². The van der Waals surface area contributed by atoms with Gasteiger partial charge >= 0.3 is 31.3 Å². The Hall–Kier alpha value is 0.420. The molecule has 0 N–H and O–H groups in total. The zero-order valence-corrected chi connectivity index (χ0v) is 12.4. The van der Waals surface area contributed by atoms with E-state index in [1.807, 2.05) is 0 Å². The van der Waals surface area contributed by atoms with Gasteiger partial charge in [-0.1, -0.05) is 0 Å². The average molecular weight is 342 g/mol. The van der Waals surface area contributed by atoms with Crippen LogP contribution in [-0.4, -0.2) is 49.3 Å². The van der Waals surface area contributed by atoms with E-state index in [0.717, 1.165) is 20.9 Å². The molecule has 5 heteroatoms. The normalized spacial score (nSPS) is 5.50. The summed E-state index contributed by atoms with van der Waals surface area (Å²) in [6, 6.07) is 0. The van der Waals surface area contributed by atoms with Crippen molar-refractivity contribution in [3.05, 3.63) is 16.0 Å². The van der Waals surface area contributed by atoms with E-state index in [-0.39, 0.29) is 0 Å². The van der Waals surface area contributed by atoms with Gasteiger partial charge in [-0.25, -0.2) is 0 Å². The van der Waals surface area contributed by atoms with Crippen LogP contribution in [-0.2, 0) is 20.9 Å². The first-order valence-corrected chi connectivity index (χ1v) is 4.77. The van der Waals surface area contributed by atoms with Crippen LogP contribution in [0.15, 0.2) is 3.34 Å². The summed E-state index contributed by atoms with van der Waals surface area (Å²) in [5.41, 5.74) is 0. The van der Waals surface area contributed by atoms with Crippen molar-refractivity contribution in [1.82, 2.24) is 0 Å². The molecular formula is C7H21N4Ta-3. The van der Waals surface area contributed by atoms with Crippen LogP contribution in [0.4, 0.5) is 0 Å². The van der Waals surface area contributed by atoms with Crippen LogP contribution in [0.5, 0.6) is 0 Å². The van der Waals surface area contributed by atoms with Gasteiger partial charge in [-0.3, -0.25) is 0 Å². The van der Waals surface area contributed by atoms with Crippen LogP contribution in [0.1, 0.15) is 0 Å². The van der Waals surface area contributed by atoms with Gasteiger partial charge in [0.15, 0.2) is 0 Å². The SMILES string of the molecule is C[N-]C.C[N-]C.C[N-]C.C[N]=[Ta]. The van der Waals surface area contributed by atoms with Crippen molar-refractivity contribution in [2.45, 2.75) is 0 Å². The number of nitrogens with zero attached hydrogens (tertiary/aromatic N) is 4. The van der Waals surface area contributed by atoms with Crippen LogP contribution in [0, 0.1) is 0 Å². The molecule has 0 amide bonds. The molecule has 0 unspecified atom stereocenters. The Morgan fingerprint density at radius 3 is 0.750 bits per heavy atom. The molecule has 0 aromatic rings. The summed E-state index contributed by atoms with van der Waals surface area (Å²) in [5, 5.41) is 10.5. The van der Waals surface area contributed by atoms with Crippen molar-refractivity contribution < 1.29 is 20.9 Å². The molecule has 12 heavy (non-hydrogen) atoms. The second-order valence-electron chi connectivity index (χ2n) is 1.54. The minimum absolute atomic E-state index is 1.15. The van der Waals surface area contributed by atoms with Crippen LogP contribution < -0.4 is 0 Å². The van der Waals surface area contributed by atoms with E-state index in [1.54, 1.807) is 49.3 Å². The third-order valence-corrected chi connectivity index (χ3v) is 0. The molecule has 0 heterocycles. The number of hydrogen-bond acceptors (Lipinski definition) is 1. The zero-order valence-electron chi connectivity index (χ0n) is 9.24. The molecule has 0 radical (unpaired) electrons. The predicted molar refractivity (Wildman–Crippen MR) is 54.0 cm³/mol. The first-order valence-electron chi connectivity index (χ1n) is 3.33. The van der Waals surface area contributed by atoms with Crippen LogP contribution in [0.2, 0.25) is 0 Å². The van der Waals surface area contributed by atoms with Crippen molar-refractivity contribution in [3.63, 3.8) is 0 Å². The molecule has 0 aromatic carbocycles. The van der Waals surface area contributed by atoms with Crippen LogP contribution in [0.3, 0.4) is 0 Å². The van der Waals surface area contributed by atoms with Crippen molar-refractivity contribution in [1.29, 1.82) is 0 Å². The van der Waals surface area contributed by atoms with Crippen molar-refractivity contribution in [2.24, 2.45) is 3.34 Å². The third-order valence-electron chi connectivity index (χ3n) is 0. The molecule has 77 valence electrons. The van der Waals surface area contributed by atoms with E-state index in [2.05, 4.69) is 19.3 Å². The fourth-order valence-electron chi connectivity index (χ4n) is 0. The molecule has 0 aliphatic rings. The second kappa shape index (κ2) is 63.5. The van der Waals surface area contributed by atoms with Crippen molar-refractivity contribution in [2.75, 3.05) is 49.3 Å². The fraction of sp³-hybridized carbons (Fsp3) is 1.00. The van der Waals surface area contributed by atoms with Gasteiger partial charge in [0.05, 0.1) is 0 Å². The monoisotopic (exact) mass is 342 g/mol. The molecular weight excluding hydrogens is 321 g/mol. The van der Waals surface area contributed by atoms with Gasteiger partial charge in [-0.15, -0.1) is 0 Å². The Balaban J connectivity index is -0.0000000356. The van der Waals surface area contributed by atoms with Gasteiger partial charge in [-0.05, 0) is 0 Å². The molecule has 0 spiro atoms. The topological polar surface area (TPSA) is 54.7 Å². The first kappa shape index (κ1) is 22.8. The Morgan fingerprint density at radius 1 is 0.750 bits per heavy atom. The molecule has 0 saturated carbocycles. The molecule has 0 aromatic heterocycles. The van der Waals surface area contributed by atoms with E-state index in [4.69, 9.17) is 0 Å². The summed E-state index contributed by atoms with van der Waals surface area (Å²) in [6.45, 7) is 0. The van der Waals surface area contributed by atoms with Crippen LogP contribution >= 0.6 is 0 Å². The van der Waals surface area contributed by atoms with E-state index < -0.39 is 0 Å². The maximum atomic E-state index is 3.61. The van der Waals surface area contributed by atoms with E-state index in [0.29, 0.717) is 0 Å². The predicted octanol–water partition coefficient (Wildman–Crippen LogP) is 2.21. The molecule has 0 fully saturated rings. The molecule has 0 bridgehead atoms. The second-order valence-corrected chi connectivity index (χ2v) is 2.98. The Kier molecular flexibility index (Phi) is 121. The summed E-state index contributed by atoms with van der Waals surface area (Å²) in [5.74, 6) is 0. The van der Waals surface area contributed by atoms with Crippen LogP contribution in [0.25, 0.3) is 16.0 Å². The molecule has 0 aliphatic carbocycles. The summed E-state index contributed by atoms with van der Waals surface area (Å²) >= 11 is 1.15. The molecule has 0 rings (SSSR count). The van der Waals surface area contributed by atoms with Gasteiger partial charge in [0.2, 0.25) is 0 Å². The minimum atomic E-state index is 1.15. The quantitative estimate of drug-likeness (QED) is 0.648. The van der Waals surface area contributed by atoms with E-state index in [9.17, 15) is 0 Å². The first-order chi connectivity index (χ1) is 5.66. The third kappa shape index (κ3) is 5240.